The van der Waals surface area contributed by atoms with Gasteiger partial charge in [-0.3, -0.25) is 0 Å². The molecule has 3 rings (SSSR count). The maximum absolute atomic E-state index is 11.4. The van der Waals surface area contributed by atoms with Crippen LogP contribution in [0.3, 0.4) is 0 Å². The number of nitrogens with one attached hydrogen (secondary N) is 1. The summed E-state index contributed by atoms with van der Waals surface area (Å²) in [5.41, 5.74) is 0.949. The monoisotopic (exact) mass is 294 g/mol. The molecule has 0 saturated carbocycles. The average Bonchev–Trinajstić information content (AvgIpc) is 2.93. The summed E-state index contributed by atoms with van der Waals surface area (Å²) >= 11 is 0. The van der Waals surface area contributed by atoms with E-state index in [2.05, 4.69) is 15.6 Å². The van der Waals surface area contributed by atoms with Crippen molar-refractivity contribution in [2.24, 2.45) is 5.92 Å². The number of piperidine rings is 1. The first-order chi connectivity index (χ1) is 10.3. The van der Waals surface area contributed by atoms with E-state index in [0.29, 0.717) is 5.92 Å². The first-order valence-electron chi connectivity index (χ1n) is 7.71. The van der Waals surface area contributed by atoms with Crippen molar-refractivity contribution >= 4 is 5.97 Å². The van der Waals surface area contributed by atoms with Gasteiger partial charge in [-0.2, -0.15) is 0 Å². The van der Waals surface area contributed by atoms with Crippen LogP contribution in [0, 0.1) is 5.92 Å². The topological polar surface area (TPSA) is 89.3 Å². The molecule has 0 amide bonds. The van der Waals surface area contributed by atoms with Crippen molar-refractivity contribution < 1.29 is 14.6 Å². The molecule has 0 atom stereocenters. The van der Waals surface area contributed by atoms with Crippen LogP contribution in [0.1, 0.15) is 47.8 Å². The highest BCUT2D eigenvalue weighted by atomic mass is 16.5. The van der Waals surface area contributed by atoms with Gasteiger partial charge in [-0.15, -0.1) is 5.10 Å². The molecule has 7 nitrogen and oxygen atoms in total. The summed E-state index contributed by atoms with van der Waals surface area (Å²) in [6, 6.07) is 0. The fourth-order valence-corrected chi connectivity index (χ4v) is 3.28. The predicted molar refractivity (Wildman–Crippen MR) is 75.4 cm³/mol. The second-order valence-corrected chi connectivity index (χ2v) is 5.89. The number of ether oxygens (including phenoxy) is 1. The molecule has 1 aromatic heterocycles. The molecule has 0 spiro atoms. The van der Waals surface area contributed by atoms with Gasteiger partial charge in [-0.1, -0.05) is 5.21 Å². The predicted octanol–water partition coefficient (Wildman–Crippen LogP) is 0.870. The summed E-state index contributed by atoms with van der Waals surface area (Å²) in [5, 5.41) is 20.7. The number of carboxylic acid groups (broad SMARTS) is 1. The van der Waals surface area contributed by atoms with E-state index in [0.717, 1.165) is 64.2 Å². The summed E-state index contributed by atoms with van der Waals surface area (Å²) in [5.74, 6) is -0.225. The number of carbonyl (C=O) groups is 1. The van der Waals surface area contributed by atoms with Gasteiger partial charge in [0.05, 0.1) is 5.69 Å². The fraction of sp³-hybridized carbons (Fsp3) is 0.786. The Labute approximate surface area is 123 Å². The molecule has 0 radical (unpaired) electrons. The lowest BCUT2D eigenvalue weighted by Crippen LogP contribution is -2.29. The van der Waals surface area contributed by atoms with Crippen LogP contribution < -0.4 is 5.32 Å². The highest BCUT2D eigenvalue weighted by Gasteiger charge is 2.28. The Hall–Kier alpha value is -1.47. The third-order valence-corrected chi connectivity index (χ3v) is 4.47. The van der Waals surface area contributed by atoms with Gasteiger partial charge >= 0.3 is 5.97 Å². The van der Waals surface area contributed by atoms with E-state index in [-0.39, 0.29) is 11.6 Å². The molecular formula is C14H22N4O3. The van der Waals surface area contributed by atoms with Crippen molar-refractivity contribution in [3.8, 4) is 0 Å². The molecule has 2 N–H and O–H groups in total. The third kappa shape index (κ3) is 3.24. The van der Waals surface area contributed by atoms with Gasteiger partial charge in [-0.25, -0.2) is 9.48 Å². The van der Waals surface area contributed by atoms with Crippen LogP contribution in [0.25, 0.3) is 0 Å². The van der Waals surface area contributed by atoms with Crippen LogP contribution in [0.15, 0.2) is 0 Å². The zero-order valence-electron chi connectivity index (χ0n) is 12.1. The standard InChI is InChI=1S/C14H22N4O3/c19-14(20)12-13(11-1-5-15-6-2-11)18(17-16-12)9-10-3-7-21-8-4-10/h10-11,15H,1-9H2,(H,19,20). The number of hydrogen-bond acceptors (Lipinski definition) is 5. The molecular weight excluding hydrogens is 272 g/mol. The van der Waals surface area contributed by atoms with E-state index in [4.69, 9.17) is 4.74 Å². The molecule has 2 aliphatic heterocycles. The van der Waals surface area contributed by atoms with Crippen molar-refractivity contribution in [3.63, 3.8) is 0 Å². The van der Waals surface area contributed by atoms with E-state index in [1.54, 1.807) is 0 Å². The minimum atomic E-state index is -0.971. The third-order valence-electron chi connectivity index (χ3n) is 4.47. The molecule has 2 aliphatic rings. The minimum Gasteiger partial charge on any atom is -0.476 e. The normalized spacial score (nSPS) is 21.5. The smallest absolute Gasteiger partial charge is 0.358 e. The van der Waals surface area contributed by atoms with E-state index < -0.39 is 5.97 Å². The van der Waals surface area contributed by atoms with E-state index in [9.17, 15) is 9.90 Å². The summed E-state index contributed by atoms with van der Waals surface area (Å²) in [7, 11) is 0. The lowest BCUT2D eigenvalue weighted by Gasteiger charge is -2.26. The number of carboxylic acids is 1. The highest BCUT2D eigenvalue weighted by Crippen LogP contribution is 2.28. The number of rotatable bonds is 4. The molecule has 7 heteroatoms. The zero-order chi connectivity index (χ0) is 14.7. The molecule has 0 aliphatic carbocycles. The maximum Gasteiger partial charge on any atom is 0.358 e. The molecule has 2 fully saturated rings. The van der Waals surface area contributed by atoms with Crippen molar-refractivity contribution in [2.45, 2.75) is 38.1 Å². The number of aromatic carboxylic acids is 1. The Kier molecular flexibility index (Phi) is 4.50. The zero-order valence-corrected chi connectivity index (χ0v) is 12.1. The summed E-state index contributed by atoms with van der Waals surface area (Å²) < 4.78 is 7.22. The van der Waals surface area contributed by atoms with Crippen molar-refractivity contribution in [3.05, 3.63) is 11.4 Å². The Morgan fingerprint density at radius 2 is 2.00 bits per heavy atom. The van der Waals surface area contributed by atoms with Crippen molar-refractivity contribution in [1.82, 2.24) is 20.3 Å². The minimum absolute atomic E-state index is 0.133. The van der Waals surface area contributed by atoms with Crippen LogP contribution in [-0.2, 0) is 11.3 Å². The SMILES string of the molecule is O=C(O)c1nnn(CC2CCOCC2)c1C1CCNCC1. The number of hydrogen-bond donors (Lipinski definition) is 2. The largest absolute Gasteiger partial charge is 0.476 e. The Morgan fingerprint density at radius 1 is 1.29 bits per heavy atom. The number of nitrogens with zero attached hydrogens (tertiary/aromatic N) is 3. The summed E-state index contributed by atoms with van der Waals surface area (Å²) in [6.45, 7) is 4.17. The fourth-order valence-electron chi connectivity index (χ4n) is 3.28. The molecule has 3 heterocycles. The molecule has 0 unspecified atom stereocenters. The van der Waals surface area contributed by atoms with Gasteiger partial charge in [-0.05, 0) is 44.7 Å². The van der Waals surface area contributed by atoms with Crippen LogP contribution >= 0.6 is 0 Å². The Bertz CT molecular complexity index is 490. The van der Waals surface area contributed by atoms with Crippen LogP contribution in [0.5, 0.6) is 0 Å². The van der Waals surface area contributed by atoms with Gasteiger partial charge in [0.1, 0.15) is 0 Å². The maximum atomic E-state index is 11.4. The van der Waals surface area contributed by atoms with Crippen molar-refractivity contribution in [2.75, 3.05) is 26.3 Å². The first kappa shape index (κ1) is 14.5. The van der Waals surface area contributed by atoms with E-state index >= 15 is 0 Å². The molecule has 1 aromatic rings. The summed E-state index contributed by atoms with van der Waals surface area (Å²) in [4.78, 5) is 11.4. The second-order valence-electron chi connectivity index (χ2n) is 5.89. The highest BCUT2D eigenvalue weighted by molar-refractivity contribution is 5.86. The van der Waals surface area contributed by atoms with Gasteiger partial charge < -0.3 is 15.2 Å². The van der Waals surface area contributed by atoms with Crippen LogP contribution in [-0.4, -0.2) is 52.4 Å². The molecule has 116 valence electrons. The van der Waals surface area contributed by atoms with E-state index in [1.807, 2.05) is 4.68 Å². The van der Waals surface area contributed by atoms with Crippen molar-refractivity contribution in [1.29, 1.82) is 0 Å². The van der Waals surface area contributed by atoms with E-state index in [1.165, 1.54) is 0 Å². The van der Waals surface area contributed by atoms with Gasteiger partial charge in [0.15, 0.2) is 5.69 Å². The molecule has 0 bridgehead atoms. The molecule has 2 saturated heterocycles. The van der Waals surface area contributed by atoms with Gasteiger partial charge in [0.2, 0.25) is 0 Å². The Morgan fingerprint density at radius 3 is 2.67 bits per heavy atom. The average molecular weight is 294 g/mol. The van der Waals surface area contributed by atoms with Crippen LogP contribution in [0.2, 0.25) is 0 Å². The molecule has 21 heavy (non-hydrogen) atoms. The van der Waals surface area contributed by atoms with Gasteiger partial charge in [0.25, 0.3) is 0 Å². The lowest BCUT2D eigenvalue weighted by molar-refractivity contribution is 0.0594. The molecule has 0 aromatic carbocycles. The second kappa shape index (κ2) is 6.53. The number of aromatic nitrogens is 3. The Balaban J connectivity index is 1.82. The lowest BCUT2D eigenvalue weighted by atomic mass is 9.92. The first-order valence-corrected chi connectivity index (χ1v) is 7.71. The summed E-state index contributed by atoms with van der Waals surface area (Å²) in [6.07, 6.45) is 3.91. The van der Waals surface area contributed by atoms with Crippen LogP contribution in [0.4, 0.5) is 0 Å². The van der Waals surface area contributed by atoms with Gasteiger partial charge in [0, 0.05) is 25.7 Å². The quantitative estimate of drug-likeness (QED) is 0.856.